The van der Waals surface area contributed by atoms with Crippen LogP contribution in [-0.2, 0) is 6.67 Å². The van der Waals surface area contributed by atoms with E-state index in [1.165, 1.54) is 27.1 Å². The van der Waals surface area contributed by atoms with Gasteiger partial charge in [0.05, 0.1) is 44.1 Å². The molecule has 0 N–H and O–H groups in total. The first-order valence-electron chi connectivity index (χ1n) is 17.9. The summed E-state index contributed by atoms with van der Waals surface area (Å²) in [4.78, 5) is 28.6. The fourth-order valence-corrected chi connectivity index (χ4v) is 7.82. The highest BCUT2D eigenvalue weighted by atomic mass is 15.1. The Bertz CT molecular complexity index is 3050. The number of para-hydroxylation sites is 3. The van der Waals surface area contributed by atoms with Crippen LogP contribution in [0.15, 0.2) is 174 Å². The lowest BCUT2D eigenvalue weighted by molar-refractivity contribution is 0.799. The van der Waals surface area contributed by atoms with E-state index in [1.807, 2.05) is 60.8 Å². The Morgan fingerprint density at radius 3 is 1.94 bits per heavy atom. The van der Waals surface area contributed by atoms with Crippen LogP contribution < -0.4 is 11.2 Å². The molecule has 0 radical (unpaired) electrons. The fraction of sp³-hybridized carbons (Fsp3) is 0.0222. The lowest BCUT2D eigenvalue weighted by Crippen LogP contribution is -2.47. The molecule has 9 heteroatoms. The van der Waals surface area contributed by atoms with E-state index in [4.69, 9.17) is 15.0 Å². The van der Waals surface area contributed by atoms with Crippen molar-refractivity contribution in [3.63, 3.8) is 0 Å². The smallest absolute Gasteiger partial charge is 0.310 e. The van der Waals surface area contributed by atoms with Gasteiger partial charge in [0.2, 0.25) is 0 Å². The average Bonchev–Trinajstić information content (AvgIpc) is 3.74. The van der Waals surface area contributed by atoms with Gasteiger partial charge in [0.25, 0.3) is 0 Å². The summed E-state index contributed by atoms with van der Waals surface area (Å²) in [6.45, 7) is 3.99. The number of allylic oxidation sites excluding steroid dienone is 1. The summed E-state index contributed by atoms with van der Waals surface area (Å²) in [5.74, 6) is 0. The third-order valence-corrected chi connectivity index (χ3v) is 10.2. The average molecular weight is 695 g/mol. The molecule has 0 saturated carbocycles. The van der Waals surface area contributed by atoms with Gasteiger partial charge in [0.15, 0.2) is 0 Å². The molecule has 0 aliphatic rings. The second kappa shape index (κ2) is 13.1. The zero-order valence-electron chi connectivity index (χ0n) is 29.2. The summed E-state index contributed by atoms with van der Waals surface area (Å²) in [6.07, 6.45) is 7.30. The normalized spacial score (nSPS) is 12.3. The van der Waals surface area contributed by atoms with Crippen LogP contribution >= 0.6 is 0 Å². The molecule has 0 amide bonds. The van der Waals surface area contributed by atoms with Crippen LogP contribution in [0.3, 0.4) is 0 Å². The number of aliphatic imine (C=N–C) groups is 2. The maximum atomic E-state index is 5.03. The molecule has 0 bridgehead atoms. The van der Waals surface area contributed by atoms with Crippen LogP contribution in [-0.4, -0.2) is 48.7 Å². The predicted molar refractivity (Wildman–Crippen MR) is 224 cm³/mol. The third kappa shape index (κ3) is 5.17. The molecule has 10 aromatic rings. The summed E-state index contributed by atoms with van der Waals surface area (Å²) < 4.78 is 4.68. The molecule has 54 heavy (non-hydrogen) atoms. The molecule has 254 valence electrons. The Morgan fingerprint density at radius 2 is 1.24 bits per heavy atom. The van der Waals surface area contributed by atoms with Crippen molar-refractivity contribution in [2.24, 2.45) is 9.98 Å². The zero-order valence-corrected chi connectivity index (χ0v) is 29.2. The zero-order chi connectivity index (χ0) is 36.0. The van der Waals surface area contributed by atoms with Gasteiger partial charge in [-0.2, -0.15) is 0 Å². The van der Waals surface area contributed by atoms with E-state index < -0.39 is 6.71 Å². The first kappa shape index (κ1) is 31.5. The molecular formula is C45H31BN8. The van der Waals surface area contributed by atoms with Crippen molar-refractivity contribution in [3.05, 3.63) is 164 Å². The maximum Gasteiger partial charge on any atom is 0.310 e. The van der Waals surface area contributed by atoms with E-state index in [9.17, 15) is 0 Å². The molecule has 8 nitrogen and oxygen atoms in total. The summed E-state index contributed by atoms with van der Waals surface area (Å²) in [5, 5.41) is 4.80. The second-order valence-corrected chi connectivity index (χ2v) is 13.2. The first-order chi connectivity index (χ1) is 26.8. The molecule has 10 rings (SSSR count). The lowest BCUT2D eigenvalue weighted by atomic mass is 9.41. The summed E-state index contributed by atoms with van der Waals surface area (Å²) in [6, 6.07) is 47.9. The molecular weight excluding hydrogens is 663 g/mol. The summed E-state index contributed by atoms with van der Waals surface area (Å²) in [7, 11) is 0. The fourth-order valence-electron chi connectivity index (χ4n) is 7.82. The standard InChI is InChI=1S/C45H31BN8/c1-47-41(46(42-23-20-34-36(51-42)15-9-26-49-34)43-24-21-35-37(52-43)16-10-27-50-35)25-28-48-29-53-38-17-7-5-13-31(38)32-19-22-40-44(45(32)53)33-14-6-8-18-39(33)54(40)30-11-3-2-4-12-30/h2-28H,1,29H2/b41-25-,48-28-. The van der Waals surface area contributed by atoms with Crippen LogP contribution in [0.4, 0.5) is 0 Å². The topological polar surface area (TPSA) is 86.1 Å². The van der Waals surface area contributed by atoms with Gasteiger partial charge in [0, 0.05) is 62.6 Å². The molecule has 0 atom stereocenters. The van der Waals surface area contributed by atoms with Crippen molar-refractivity contribution in [1.29, 1.82) is 0 Å². The van der Waals surface area contributed by atoms with Gasteiger partial charge in [-0.05, 0) is 91.7 Å². The number of rotatable bonds is 8. The van der Waals surface area contributed by atoms with Gasteiger partial charge in [-0.15, -0.1) is 0 Å². The third-order valence-electron chi connectivity index (χ3n) is 10.2. The van der Waals surface area contributed by atoms with Crippen molar-refractivity contribution >= 4 is 96.5 Å². The van der Waals surface area contributed by atoms with Gasteiger partial charge in [0.1, 0.15) is 6.67 Å². The van der Waals surface area contributed by atoms with Crippen molar-refractivity contribution in [3.8, 4) is 5.69 Å². The number of pyridine rings is 4. The molecule has 0 saturated heterocycles. The van der Waals surface area contributed by atoms with Gasteiger partial charge in [-0.25, -0.2) is 0 Å². The summed E-state index contributed by atoms with van der Waals surface area (Å²) >= 11 is 0. The minimum Gasteiger partial charge on any atom is -0.320 e. The first-order valence-corrected chi connectivity index (χ1v) is 17.9. The van der Waals surface area contributed by atoms with E-state index in [0.29, 0.717) is 12.3 Å². The van der Waals surface area contributed by atoms with Crippen LogP contribution in [0, 0.1) is 0 Å². The highest BCUT2D eigenvalue weighted by Crippen LogP contribution is 2.40. The minimum absolute atomic E-state index is 0.402. The molecule has 0 fully saturated rings. The van der Waals surface area contributed by atoms with Crippen molar-refractivity contribution in [1.82, 2.24) is 29.1 Å². The number of hydrogen-bond acceptors (Lipinski definition) is 6. The predicted octanol–water partition coefficient (Wildman–Crippen LogP) is 8.24. The Kier molecular flexibility index (Phi) is 7.61. The minimum atomic E-state index is -0.403. The maximum absolute atomic E-state index is 5.03. The van der Waals surface area contributed by atoms with Crippen LogP contribution in [0.2, 0.25) is 0 Å². The largest absolute Gasteiger partial charge is 0.320 e. The van der Waals surface area contributed by atoms with E-state index in [0.717, 1.165) is 55.5 Å². The van der Waals surface area contributed by atoms with Crippen LogP contribution in [0.5, 0.6) is 0 Å². The molecule has 0 unspecified atom stereocenters. The number of fused-ring (bicyclic) bond motifs is 9. The van der Waals surface area contributed by atoms with E-state index in [1.54, 1.807) is 12.4 Å². The number of hydrogen-bond donors (Lipinski definition) is 0. The van der Waals surface area contributed by atoms with Crippen molar-refractivity contribution < 1.29 is 0 Å². The van der Waals surface area contributed by atoms with E-state index in [-0.39, 0.29) is 0 Å². The number of nitrogens with zero attached hydrogens (tertiary/aromatic N) is 8. The van der Waals surface area contributed by atoms with Crippen molar-refractivity contribution in [2.75, 3.05) is 0 Å². The molecule has 6 heterocycles. The van der Waals surface area contributed by atoms with Crippen LogP contribution in [0.1, 0.15) is 0 Å². The molecule has 4 aromatic carbocycles. The molecule has 6 aromatic heterocycles. The van der Waals surface area contributed by atoms with E-state index in [2.05, 4.69) is 122 Å². The second-order valence-electron chi connectivity index (χ2n) is 13.2. The van der Waals surface area contributed by atoms with Gasteiger partial charge >= 0.3 is 6.71 Å². The Labute approximate surface area is 310 Å². The SMILES string of the molecule is C=N/C(=C\C=N/Cn1c2ccccc2c2ccc3c(c4ccccc4n3-c3ccccc3)c21)B(c1ccc2ncccc2n1)c1ccc2ncccc2n1. The Morgan fingerprint density at radius 1 is 0.593 bits per heavy atom. The van der Waals surface area contributed by atoms with E-state index >= 15 is 0 Å². The van der Waals surface area contributed by atoms with Crippen LogP contribution in [0.25, 0.3) is 71.4 Å². The quantitative estimate of drug-likeness (QED) is 0.119. The van der Waals surface area contributed by atoms with Crippen molar-refractivity contribution in [2.45, 2.75) is 6.67 Å². The highest BCUT2D eigenvalue weighted by molar-refractivity contribution is 6.90. The number of aromatic nitrogens is 6. The molecule has 0 aliphatic heterocycles. The lowest BCUT2D eigenvalue weighted by Gasteiger charge is -2.14. The highest BCUT2D eigenvalue weighted by Gasteiger charge is 2.28. The number of benzene rings is 4. The Hall–Kier alpha value is -7.26. The van der Waals surface area contributed by atoms with Gasteiger partial charge in [-0.1, -0.05) is 60.7 Å². The molecule has 0 aliphatic carbocycles. The van der Waals surface area contributed by atoms with Gasteiger partial charge in [-0.3, -0.25) is 29.9 Å². The molecule has 0 spiro atoms. The Balaban J connectivity index is 1.11. The monoisotopic (exact) mass is 694 g/mol. The van der Waals surface area contributed by atoms with Gasteiger partial charge < -0.3 is 9.13 Å². The summed E-state index contributed by atoms with van der Waals surface area (Å²) in [5.41, 5.74) is 11.2.